The normalized spacial score (nSPS) is 22.7. The first-order chi connectivity index (χ1) is 11.0. The van der Waals surface area contributed by atoms with Crippen molar-refractivity contribution in [3.05, 3.63) is 29.1 Å². The summed E-state index contributed by atoms with van der Waals surface area (Å²) in [6.07, 6.45) is 6.43. The molecule has 4 rings (SSSR count). The highest BCUT2D eigenvalue weighted by molar-refractivity contribution is 5.87. The highest BCUT2D eigenvalue weighted by atomic mass is 16.5. The fraction of sp³-hybridized carbons (Fsp3) is 0.684. The fourth-order valence-corrected chi connectivity index (χ4v) is 3.68. The second-order valence-corrected chi connectivity index (χ2v) is 7.97. The maximum Gasteiger partial charge on any atom is 0.357 e. The van der Waals surface area contributed by atoms with Gasteiger partial charge < -0.3 is 4.74 Å². The van der Waals surface area contributed by atoms with E-state index in [0.29, 0.717) is 17.0 Å². The summed E-state index contributed by atoms with van der Waals surface area (Å²) in [5, 5.41) is 0. The lowest BCUT2D eigenvalue weighted by atomic mass is 10.1. The molecule has 124 valence electrons. The molecule has 3 aliphatic rings. The van der Waals surface area contributed by atoms with Gasteiger partial charge in [-0.1, -0.05) is 0 Å². The van der Waals surface area contributed by atoms with Crippen LogP contribution in [-0.2, 0) is 11.3 Å². The Morgan fingerprint density at radius 1 is 1.35 bits per heavy atom. The van der Waals surface area contributed by atoms with E-state index in [2.05, 4.69) is 16.0 Å². The molecule has 0 aromatic carbocycles. The van der Waals surface area contributed by atoms with Crippen LogP contribution in [0.5, 0.6) is 0 Å². The minimum atomic E-state index is -0.288. The van der Waals surface area contributed by atoms with Gasteiger partial charge in [0.15, 0.2) is 0 Å². The van der Waals surface area contributed by atoms with Gasteiger partial charge in [-0.3, -0.25) is 4.90 Å². The molecule has 1 aromatic heterocycles. The van der Waals surface area contributed by atoms with E-state index in [1.807, 2.05) is 19.9 Å². The maximum absolute atomic E-state index is 12.3. The summed E-state index contributed by atoms with van der Waals surface area (Å²) in [4.78, 5) is 19.4. The van der Waals surface area contributed by atoms with Crippen molar-refractivity contribution in [1.82, 2.24) is 9.88 Å². The Morgan fingerprint density at radius 3 is 2.74 bits per heavy atom. The lowest BCUT2D eigenvalue weighted by Gasteiger charge is -2.17. The van der Waals surface area contributed by atoms with Gasteiger partial charge in [0.2, 0.25) is 0 Å². The number of hydrogen-bond acceptors (Lipinski definition) is 4. The van der Waals surface area contributed by atoms with Crippen molar-refractivity contribution in [3.8, 4) is 0 Å². The molecule has 3 fully saturated rings. The van der Waals surface area contributed by atoms with Crippen LogP contribution in [0.1, 0.15) is 73.6 Å². The molecule has 2 saturated carbocycles. The summed E-state index contributed by atoms with van der Waals surface area (Å²) in [6, 6.07) is 4.15. The largest absolute Gasteiger partial charge is 0.458 e. The zero-order valence-corrected chi connectivity index (χ0v) is 14.2. The third-order valence-corrected chi connectivity index (χ3v) is 5.33. The van der Waals surface area contributed by atoms with Gasteiger partial charge in [-0.15, -0.1) is 0 Å². The number of rotatable bonds is 5. The summed E-state index contributed by atoms with van der Waals surface area (Å²) < 4.78 is 5.34. The molecule has 0 bridgehead atoms. The zero-order chi connectivity index (χ0) is 16.0. The summed E-state index contributed by atoms with van der Waals surface area (Å²) in [6.45, 7) is 7.10. The Labute approximate surface area is 138 Å². The van der Waals surface area contributed by atoms with Crippen molar-refractivity contribution < 1.29 is 9.53 Å². The second kappa shape index (κ2) is 5.59. The number of nitrogens with zero attached hydrogens (tertiary/aromatic N) is 2. The first kappa shape index (κ1) is 15.1. The van der Waals surface area contributed by atoms with E-state index < -0.39 is 0 Å². The molecule has 1 spiro atoms. The van der Waals surface area contributed by atoms with Crippen molar-refractivity contribution in [2.24, 2.45) is 5.41 Å². The van der Waals surface area contributed by atoms with Gasteiger partial charge in [0.25, 0.3) is 0 Å². The van der Waals surface area contributed by atoms with E-state index in [1.165, 1.54) is 50.8 Å². The summed E-state index contributed by atoms with van der Waals surface area (Å²) >= 11 is 0. The maximum atomic E-state index is 12.3. The Balaban J connectivity index is 1.53. The van der Waals surface area contributed by atoms with Crippen molar-refractivity contribution >= 4 is 5.97 Å². The molecule has 0 unspecified atom stereocenters. The highest BCUT2D eigenvalue weighted by Gasteiger charge is 2.47. The van der Waals surface area contributed by atoms with Gasteiger partial charge in [-0.05, 0) is 75.6 Å². The average molecular weight is 314 g/mol. The third-order valence-electron chi connectivity index (χ3n) is 5.33. The molecule has 0 N–H and O–H groups in total. The number of hydrogen-bond donors (Lipinski definition) is 0. The number of likely N-dealkylation sites (tertiary alicyclic amines) is 1. The monoisotopic (exact) mass is 314 g/mol. The minimum absolute atomic E-state index is 0.106. The number of carbonyl (C=O) groups is 1. The van der Waals surface area contributed by atoms with E-state index in [0.717, 1.165) is 12.2 Å². The zero-order valence-electron chi connectivity index (χ0n) is 14.2. The van der Waals surface area contributed by atoms with Crippen LogP contribution in [0.3, 0.4) is 0 Å². The van der Waals surface area contributed by atoms with Crippen molar-refractivity contribution in [3.63, 3.8) is 0 Å². The number of pyridine rings is 1. The fourth-order valence-electron chi connectivity index (χ4n) is 3.68. The Bertz CT molecular complexity index is 618. The highest BCUT2D eigenvalue weighted by Crippen LogP contribution is 2.52. The van der Waals surface area contributed by atoms with Crippen LogP contribution >= 0.6 is 0 Å². The van der Waals surface area contributed by atoms with Gasteiger partial charge in [0.05, 0.1) is 6.10 Å². The number of esters is 1. The number of aromatic nitrogens is 1. The summed E-state index contributed by atoms with van der Waals surface area (Å²) in [5.74, 6) is 0.262. The van der Waals surface area contributed by atoms with E-state index >= 15 is 0 Å². The molecule has 0 atom stereocenters. The molecule has 2 heterocycles. The van der Waals surface area contributed by atoms with E-state index in [9.17, 15) is 4.79 Å². The van der Waals surface area contributed by atoms with Gasteiger partial charge in [-0.25, -0.2) is 9.78 Å². The van der Waals surface area contributed by atoms with Crippen LogP contribution < -0.4 is 0 Å². The molecular formula is C19H26N2O2. The SMILES string of the molecule is CC(C)OC(=O)c1cc(CN2CCC3(CC3)C2)cc(C2CC2)n1. The van der Waals surface area contributed by atoms with E-state index in [-0.39, 0.29) is 12.1 Å². The van der Waals surface area contributed by atoms with Gasteiger partial charge >= 0.3 is 5.97 Å². The standard InChI is InChI=1S/C19H26N2O2/c1-13(2)23-18(22)17-10-14(9-16(20-17)15-3-4-15)11-21-8-7-19(12-21)5-6-19/h9-10,13,15H,3-8,11-12H2,1-2H3. The minimum Gasteiger partial charge on any atom is -0.458 e. The molecule has 0 radical (unpaired) electrons. The molecule has 4 heteroatoms. The molecule has 4 nitrogen and oxygen atoms in total. The van der Waals surface area contributed by atoms with E-state index in [1.54, 1.807) is 0 Å². The van der Waals surface area contributed by atoms with Gasteiger partial charge in [0.1, 0.15) is 5.69 Å². The molecule has 1 aromatic rings. The van der Waals surface area contributed by atoms with Crippen molar-refractivity contribution in [2.45, 2.75) is 64.5 Å². The third kappa shape index (κ3) is 3.42. The van der Waals surface area contributed by atoms with Crippen molar-refractivity contribution in [2.75, 3.05) is 13.1 Å². The number of ether oxygens (including phenoxy) is 1. The Morgan fingerprint density at radius 2 is 2.13 bits per heavy atom. The molecule has 2 aliphatic carbocycles. The molecular weight excluding hydrogens is 288 g/mol. The second-order valence-electron chi connectivity index (χ2n) is 7.97. The van der Waals surface area contributed by atoms with Crippen LogP contribution in [-0.4, -0.2) is 35.0 Å². The Hall–Kier alpha value is -1.42. The van der Waals surface area contributed by atoms with Gasteiger partial charge in [0, 0.05) is 24.7 Å². The molecule has 23 heavy (non-hydrogen) atoms. The lowest BCUT2D eigenvalue weighted by molar-refractivity contribution is 0.0370. The quantitative estimate of drug-likeness (QED) is 0.780. The van der Waals surface area contributed by atoms with Crippen LogP contribution in [0.15, 0.2) is 12.1 Å². The predicted octanol–water partition coefficient (Wildman–Crippen LogP) is 3.51. The van der Waals surface area contributed by atoms with Crippen LogP contribution in [0, 0.1) is 5.41 Å². The average Bonchev–Trinajstić information content (AvgIpc) is 3.38. The number of carbonyl (C=O) groups excluding carboxylic acids is 1. The van der Waals surface area contributed by atoms with Crippen LogP contribution in [0.4, 0.5) is 0 Å². The summed E-state index contributed by atoms with van der Waals surface area (Å²) in [5.41, 5.74) is 3.43. The van der Waals surface area contributed by atoms with Crippen LogP contribution in [0.25, 0.3) is 0 Å². The molecule has 1 aliphatic heterocycles. The topological polar surface area (TPSA) is 42.4 Å². The molecule has 1 saturated heterocycles. The van der Waals surface area contributed by atoms with E-state index in [4.69, 9.17) is 4.74 Å². The Kier molecular flexibility index (Phi) is 3.67. The lowest BCUT2D eigenvalue weighted by Crippen LogP contribution is -2.21. The summed E-state index contributed by atoms with van der Waals surface area (Å²) in [7, 11) is 0. The first-order valence-corrected chi connectivity index (χ1v) is 8.97. The van der Waals surface area contributed by atoms with Crippen molar-refractivity contribution in [1.29, 1.82) is 0 Å². The first-order valence-electron chi connectivity index (χ1n) is 8.97. The predicted molar refractivity (Wildman–Crippen MR) is 88.3 cm³/mol. The smallest absolute Gasteiger partial charge is 0.357 e. The molecule has 0 amide bonds. The van der Waals surface area contributed by atoms with Gasteiger partial charge in [-0.2, -0.15) is 0 Å². The van der Waals surface area contributed by atoms with Crippen LogP contribution in [0.2, 0.25) is 0 Å².